The molecule has 202 valence electrons. The average Bonchev–Trinajstić information content (AvgIpc) is 3.48. The van der Waals surface area contributed by atoms with Gasteiger partial charge in [-0.25, -0.2) is 9.59 Å². The minimum absolute atomic E-state index is 0.178. The zero-order valence-electron chi connectivity index (χ0n) is 22.5. The van der Waals surface area contributed by atoms with Crippen LogP contribution in [0.1, 0.15) is 68.2 Å². The van der Waals surface area contributed by atoms with Gasteiger partial charge in [0.1, 0.15) is 17.3 Å². The van der Waals surface area contributed by atoms with E-state index in [2.05, 4.69) is 6.58 Å². The molecule has 2 fully saturated rings. The van der Waals surface area contributed by atoms with Crippen molar-refractivity contribution in [1.29, 1.82) is 0 Å². The third kappa shape index (κ3) is 6.44. The maximum atomic E-state index is 12.6. The number of aliphatic hydroxyl groups is 2. The number of carbonyl (C=O) groups is 3. The lowest BCUT2D eigenvalue weighted by Crippen LogP contribution is -2.54. The first-order chi connectivity index (χ1) is 16.6. The van der Waals surface area contributed by atoms with Gasteiger partial charge < -0.3 is 29.2 Å². The number of hydrogen-bond acceptors (Lipinski definition) is 9. The standard InChI is InChI=1S/C27H40O9/c1-10-14(3)24(31)34-23-22(33-17(6)28)18(12-21-27(23,9)35-21)16(5)19(29)13-20(30)26(7,8)36-25(32)15(4)11-2/h10-11,18-23,29-30H,5,12-13H2,1-4,6-9H3/b14-10-,15-11-/t18-,19?,20?,21-,22+,23+,27-/m0/s1. The molecule has 2 unspecified atom stereocenters. The number of allylic oxidation sites excluding steroid dienone is 2. The van der Waals surface area contributed by atoms with Crippen LogP contribution < -0.4 is 0 Å². The Bertz CT molecular complexity index is 947. The third-order valence-electron chi connectivity index (χ3n) is 7.26. The summed E-state index contributed by atoms with van der Waals surface area (Å²) in [6, 6.07) is 0. The Balaban J connectivity index is 2.23. The third-order valence-corrected chi connectivity index (χ3v) is 7.26. The topological polar surface area (TPSA) is 132 Å². The first kappa shape index (κ1) is 29.7. The molecule has 2 rings (SSSR count). The fraction of sp³-hybridized carbons (Fsp3) is 0.667. The van der Waals surface area contributed by atoms with Gasteiger partial charge in [0.25, 0.3) is 0 Å². The van der Waals surface area contributed by atoms with Crippen LogP contribution >= 0.6 is 0 Å². The minimum Gasteiger partial charge on any atom is -0.458 e. The van der Waals surface area contributed by atoms with E-state index < -0.39 is 59.4 Å². The first-order valence-corrected chi connectivity index (χ1v) is 12.2. The van der Waals surface area contributed by atoms with Crippen LogP contribution in [-0.2, 0) is 33.3 Å². The second-order valence-corrected chi connectivity index (χ2v) is 10.3. The Morgan fingerprint density at radius 2 is 1.64 bits per heavy atom. The van der Waals surface area contributed by atoms with E-state index in [4.69, 9.17) is 18.9 Å². The normalized spacial score (nSPS) is 29.9. The molecule has 36 heavy (non-hydrogen) atoms. The summed E-state index contributed by atoms with van der Waals surface area (Å²) in [6.45, 7) is 16.8. The van der Waals surface area contributed by atoms with Crippen molar-refractivity contribution in [2.45, 2.75) is 110 Å². The molecular weight excluding hydrogens is 468 g/mol. The summed E-state index contributed by atoms with van der Waals surface area (Å²) in [5.74, 6) is -2.30. The van der Waals surface area contributed by atoms with Crippen molar-refractivity contribution >= 4 is 17.9 Å². The van der Waals surface area contributed by atoms with Gasteiger partial charge in [-0.3, -0.25) is 4.79 Å². The molecule has 0 spiro atoms. The molecule has 2 aliphatic rings. The molecule has 1 aliphatic carbocycles. The molecule has 9 nitrogen and oxygen atoms in total. The van der Waals surface area contributed by atoms with Gasteiger partial charge in [-0.05, 0) is 60.5 Å². The summed E-state index contributed by atoms with van der Waals surface area (Å²) in [5, 5.41) is 21.8. The second-order valence-electron chi connectivity index (χ2n) is 10.3. The van der Waals surface area contributed by atoms with Crippen molar-refractivity contribution in [2.75, 3.05) is 0 Å². The van der Waals surface area contributed by atoms with Gasteiger partial charge in [-0.1, -0.05) is 18.7 Å². The van der Waals surface area contributed by atoms with Crippen molar-refractivity contribution in [3.05, 3.63) is 35.5 Å². The first-order valence-electron chi connectivity index (χ1n) is 12.2. The summed E-state index contributed by atoms with van der Waals surface area (Å²) in [5.41, 5.74) is -1.02. The number of epoxide rings is 1. The van der Waals surface area contributed by atoms with Gasteiger partial charge >= 0.3 is 17.9 Å². The van der Waals surface area contributed by atoms with Crippen LogP contribution in [-0.4, -0.2) is 69.8 Å². The van der Waals surface area contributed by atoms with Crippen LogP contribution in [0.15, 0.2) is 35.5 Å². The number of aliphatic hydroxyl groups excluding tert-OH is 2. The van der Waals surface area contributed by atoms with E-state index in [9.17, 15) is 24.6 Å². The van der Waals surface area contributed by atoms with Crippen molar-refractivity contribution in [3.8, 4) is 0 Å². The fourth-order valence-electron chi connectivity index (χ4n) is 4.31. The molecule has 1 aliphatic heterocycles. The van der Waals surface area contributed by atoms with E-state index in [1.54, 1.807) is 60.6 Å². The SMILES string of the molecule is C=C(C(O)CC(O)C(C)(C)OC(=O)/C(C)=C\C)[C@@H]1C[C@@H]2O[C@]2(C)[C@H](OC(=O)/C(C)=C\C)[C@@H]1OC(C)=O. The van der Waals surface area contributed by atoms with Crippen molar-refractivity contribution in [2.24, 2.45) is 5.92 Å². The molecule has 1 saturated heterocycles. The molecule has 2 N–H and O–H groups in total. The predicted molar refractivity (Wildman–Crippen MR) is 132 cm³/mol. The van der Waals surface area contributed by atoms with Crippen LogP contribution in [0.5, 0.6) is 0 Å². The van der Waals surface area contributed by atoms with Gasteiger partial charge in [-0.2, -0.15) is 0 Å². The Morgan fingerprint density at radius 3 is 2.17 bits per heavy atom. The van der Waals surface area contributed by atoms with Crippen LogP contribution in [0.3, 0.4) is 0 Å². The Kier molecular flexibility index (Phi) is 9.31. The smallest absolute Gasteiger partial charge is 0.333 e. The number of ether oxygens (including phenoxy) is 4. The molecule has 0 aromatic heterocycles. The molecule has 1 saturated carbocycles. The van der Waals surface area contributed by atoms with E-state index >= 15 is 0 Å². The summed E-state index contributed by atoms with van der Waals surface area (Å²) in [6.07, 6.45) is -1.15. The van der Waals surface area contributed by atoms with E-state index in [0.29, 0.717) is 23.1 Å². The minimum atomic E-state index is -1.29. The molecular formula is C27H40O9. The molecule has 1 heterocycles. The lowest BCUT2D eigenvalue weighted by Gasteiger charge is -2.40. The lowest BCUT2D eigenvalue weighted by atomic mass is 9.73. The molecule has 0 bridgehead atoms. The second kappa shape index (κ2) is 11.3. The van der Waals surface area contributed by atoms with Gasteiger partial charge in [0.05, 0.1) is 18.3 Å². The number of esters is 3. The average molecular weight is 509 g/mol. The largest absolute Gasteiger partial charge is 0.458 e. The molecule has 0 aromatic rings. The van der Waals surface area contributed by atoms with E-state index in [1.807, 2.05) is 0 Å². The molecule has 0 aromatic carbocycles. The summed E-state index contributed by atoms with van der Waals surface area (Å²) < 4.78 is 22.6. The molecule has 9 heteroatoms. The van der Waals surface area contributed by atoms with Crippen molar-refractivity contribution < 1.29 is 43.5 Å². The molecule has 0 amide bonds. The van der Waals surface area contributed by atoms with Gasteiger partial charge in [0.2, 0.25) is 0 Å². The fourth-order valence-corrected chi connectivity index (χ4v) is 4.31. The lowest BCUT2D eigenvalue weighted by molar-refractivity contribution is -0.175. The highest BCUT2D eigenvalue weighted by Gasteiger charge is 2.68. The van der Waals surface area contributed by atoms with Gasteiger partial charge in [-0.15, -0.1) is 0 Å². The number of fused-ring (bicyclic) bond motifs is 1. The van der Waals surface area contributed by atoms with E-state index in [-0.39, 0.29) is 12.5 Å². The number of carbonyl (C=O) groups excluding carboxylic acids is 3. The Morgan fingerprint density at radius 1 is 1.08 bits per heavy atom. The summed E-state index contributed by atoms with van der Waals surface area (Å²) >= 11 is 0. The molecule has 7 atom stereocenters. The zero-order chi connectivity index (χ0) is 27.6. The Hall–Kier alpha value is -2.49. The zero-order valence-corrected chi connectivity index (χ0v) is 22.5. The van der Waals surface area contributed by atoms with E-state index in [1.165, 1.54) is 6.92 Å². The highest BCUT2D eigenvalue weighted by Crippen LogP contribution is 2.53. The van der Waals surface area contributed by atoms with Gasteiger partial charge in [0, 0.05) is 30.4 Å². The van der Waals surface area contributed by atoms with Crippen molar-refractivity contribution in [3.63, 3.8) is 0 Å². The molecule has 0 radical (unpaired) electrons. The summed E-state index contributed by atoms with van der Waals surface area (Å²) in [4.78, 5) is 36.7. The maximum absolute atomic E-state index is 12.6. The van der Waals surface area contributed by atoms with Crippen LogP contribution in [0.4, 0.5) is 0 Å². The summed E-state index contributed by atoms with van der Waals surface area (Å²) in [7, 11) is 0. The maximum Gasteiger partial charge on any atom is 0.333 e. The number of rotatable bonds is 10. The highest BCUT2D eigenvalue weighted by molar-refractivity contribution is 5.88. The number of hydrogen-bond donors (Lipinski definition) is 2. The van der Waals surface area contributed by atoms with Crippen LogP contribution in [0.2, 0.25) is 0 Å². The van der Waals surface area contributed by atoms with Crippen LogP contribution in [0.25, 0.3) is 0 Å². The Labute approximate surface area is 213 Å². The van der Waals surface area contributed by atoms with Crippen LogP contribution in [0, 0.1) is 5.92 Å². The van der Waals surface area contributed by atoms with Gasteiger partial charge in [0.15, 0.2) is 6.10 Å². The monoisotopic (exact) mass is 508 g/mol. The van der Waals surface area contributed by atoms with Crippen molar-refractivity contribution in [1.82, 2.24) is 0 Å². The predicted octanol–water partition coefficient (Wildman–Crippen LogP) is 2.93. The quantitative estimate of drug-likeness (QED) is 0.150. The van der Waals surface area contributed by atoms with E-state index in [0.717, 1.165) is 0 Å². The highest BCUT2D eigenvalue weighted by atomic mass is 16.7.